The number of nitrogens with zero attached hydrogens (tertiary/aromatic N) is 1. The minimum Gasteiger partial charge on any atom is -0.395 e. The predicted molar refractivity (Wildman–Crippen MR) is 113 cm³/mol. The summed E-state index contributed by atoms with van der Waals surface area (Å²) >= 11 is 1.72. The molecule has 1 saturated carbocycles. The van der Waals surface area contributed by atoms with Crippen LogP contribution in [0.2, 0.25) is 0 Å². The monoisotopic (exact) mass is 392 g/mol. The minimum absolute atomic E-state index is 0.112. The molecule has 2 N–H and O–H groups in total. The van der Waals surface area contributed by atoms with Crippen LogP contribution in [0.1, 0.15) is 77.9 Å². The Morgan fingerprint density at radius 1 is 1.15 bits per heavy atom. The molecule has 0 spiro atoms. The van der Waals surface area contributed by atoms with Gasteiger partial charge < -0.3 is 15.3 Å². The first-order valence-corrected chi connectivity index (χ1v) is 11.6. The lowest BCUT2D eigenvalue weighted by molar-refractivity contribution is 0.0909. The van der Waals surface area contributed by atoms with Crippen LogP contribution < -0.4 is 5.32 Å². The van der Waals surface area contributed by atoms with Crippen LogP contribution in [0.4, 0.5) is 0 Å². The number of amides is 1. The summed E-state index contributed by atoms with van der Waals surface area (Å²) < 4.78 is 0. The number of rotatable bonds is 7. The van der Waals surface area contributed by atoms with E-state index in [1.54, 1.807) is 11.3 Å². The molecule has 152 valence electrons. The largest absolute Gasteiger partial charge is 0.395 e. The van der Waals surface area contributed by atoms with Crippen LogP contribution in [0, 0.1) is 5.41 Å². The van der Waals surface area contributed by atoms with Crippen molar-refractivity contribution in [1.29, 1.82) is 0 Å². The van der Waals surface area contributed by atoms with E-state index >= 15 is 0 Å². The zero-order valence-electron chi connectivity index (χ0n) is 16.9. The molecule has 0 bridgehead atoms. The normalized spacial score (nSPS) is 20.0. The number of nitrogens with one attached hydrogen (secondary N) is 1. The van der Waals surface area contributed by atoms with Gasteiger partial charge in [-0.3, -0.25) is 4.79 Å². The fraction of sp³-hybridized carbons (Fsp3) is 0.773. The molecule has 1 heterocycles. The second kappa shape index (κ2) is 10.0. The van der Waals surface area contributed by atoms with Gasteiger partial charge in [0.05, 0.1) is 11.5 Å². The lowest BCUT2D eigenvalue weighted by Crippen LogP contribution is -2.43. The summed E-state index contributed by atoms with van der Waals surface area (Å²) in [5.74, 6) is 0.112. The standard InChI is InChI=1S/C22H36N2O2S/c1-24(13-14-25)17-22(11-7-8-12-22)16-23-21(26)20-15-18-9-5-3-2-4-6-10-19(18)27-20/h15,25H,2-14,16-17H2,1H3,(H,23,26). The average molecular weight is 393 g/mol. The molecule has 4 nitrogen and oxygen atoms in total. The summed E-state index contributed by atoms with van der Waals surface area (Å²) in [7, 11) is 2.07. The highest BCUT2D eigenvalue weighted by Gasteiger charge is 2.35. The number of carbonyl (C=O) groups is 1. The Morgan fingerprint density at radius 2 is 1.85 bits per heavy atom. The second-order valence-corrected chi connectivity index (χ2v) is 9.81. The Balaban J connectivity index is 1.61. The van der Waals surface area contributed by atoms with E-state index in [0.29, 0.717) is 6.54 Å². The fourth-order valence-electron chi connectivity index (χ4n) is 4.83. The number of hydrogen-bond donors (Lipinski definition) is 2. The van der Waals surface area contributed by atoms with Gasteiger partial charge in [-0.05, 0) is 57.2 Å². The van der Waals surface area contributed by atoms with Gasteiger partial charge in [0, 0.05) is 29.9 Å². The topological polar surface area (TPSA) is 52.6 Å². The van der Waals surface area contributed by atoms with Crippen LogP contribution >= 0.6 is 11.3 Å². The highest BCUT2D eigenvalue weighted by atomic mass is 32.1. The summed E-state index contributed by atoms with van der Waals surface area (Å²) in [6, 6.07) is 2.17. The molecule has 1 amide bonds. The summed E-state index contributed by atoms with van der Waals surface area (Å²) in [4.78, 5) is 17.4. The lowest BCUT2D eigenvalue weighted by atomic mass is 9.85. The van der Waals surface area contributed by atoms with Gasteiger partial charge in [-0.25, -0.2) is 0 Å². The maximum Gasteiger partial charge on any atom is 0.261 e. The van der Waals surface area contributed by atoms with Gasteiger partial charge in [0.1, 0.15) is 0 Å². The van der Waals surface area contributed by atoms with Gasteiger partial charge >= 0.3 is 0 Å². The Kier molecular flexibility index (Phi) is 7.74. The van der Waals surface area contributed by atoms with Crippen molar-refractivity contribution in [2.75, 3.05) is 33.3 Å². The summed E-state index contributed by atoms with van der Waals surface area (Å²) in [6.45, 7) is 2.60. The highest BCUT2D eigenvalue weighted by molar-refractivity contribution is 7.14. The summed E-state index contributed by atoms with van der Waals surface area (Å²) in [5, 5.41) is 12.5. The van der Waals surface area contributed by atoms with Gasteiger partial charge in [-0.1, -0.05) is 32.1 Å². The third-order valence-electron chi connectivity index (χ3n) is 6.35. The number of likely N-dealkylation sites (N-methyl/N-ethyl adjacent to an activating group) is 1. The van der Waals surface area contributed by atoms with Crippen LogP contribution in [-0.4, -0.2) is 49.2 Å². The minimum atomic E-state index is 0.112. The van der Waals surface area contributed by atoms with Gasteiger partial charge in [-0.15, -0.1) is 11.3 Å². The van der Waals surface area contributed by atoms with E-state index in [0.717, 1.165) is 30.8 Å². The molecule has 5 heteroatoms. The molecule has 27 heavy (non-hydrogen) atoms. The zero-order chi connectivity index (χ0) is 19.1. The number of carbonyl (C=O) groups excluding carboxylic acids is 1. The van der Waals surface area contributed by atoms with E-state index in [2.05, 4.69) is 23.3 Å². The number of thiophene rings is 1. The molecule has 0 saturated heterocycles. The number of fused-ring (bicyclic) bond motifs is 1. The van der Waals surface area contributed by atoms with Crippen LogP contribution in [0.15, 0.2) is 6.07 Å². The van der Waals surface area contributed by atoms with Gasteiger partial charge in [0.25, 0.3) is 5.91 Å². The first-order chi connectivity index (χ1) is 13.1. The Bertz CT molecular complexity index is 582. The molecule has 1 fully saturated rings. The van der Waals surface area contributed by atoms with Crippen LogP contribution in [0.5, 0.6) is 0 Å². The highest BCUT2D eigenvalue weighted by Crippen LogP contribution is 2.38. The number of aryl methyl sites for hydroxylation is 2. The SMILES string of the molecule is CN(CCO)CC1(CNC(=O)c2cc3c(s2)CCCCCCC3)CCCC1. The smallest absolute Gasteiger partial charge is 0.261 e. The average Bonchev–Trinajstić information content (AvgIpc) is 3.27. The van der Waals surface area contributed by atoms with E-state index in [1.807, 2.05) is 0 Å². The van der Waals surface area contributed by atoms with Crippen molar-refractivity contribution in [2.45, 2.75) is 70.6 Å². The molecule has 0 aromatic carbocycles. The quantitative estimate of drug-likeness (QED) is 0.737. The zero-order valence-corrected chi connectivity index (χ0v) is 17.7. The summed E-state index contributed by atoms with van der Waals surface area (Å²) in [5.41, 5.74) is 1.59. The van der Waals surface area contributed by atoms with Crippen molar-refractivity contribution in [3.63, 3.8) is 0 Å². The molecule has 2 aliphatic carbocycles. The molecular formula is C22H36N2O2S. The van der Waals surface area contributed by atoms with Gasteiger partial charge in [0.15, 0.2) is 0 Å². The van der Waals surface area contributed by atoms with E-state index in [4.69, 9.17) is 0 Å². The third-order valence-corrected chi connectivity index (χ3v) is 7.58. The van der Waals surface area contributed by atoms with Crippen molar-refractivity contribution in [1.82, 2.24) is 10.2 Å². The van der Waals surface area contributed by atoms with Crippen molar-refractivity contribution in [2.24, 2.45) is 5.41 Å². The van der Waals surface area contributed by atoms with Crippen molar-refractivity contribution < 1.29 is 9.90 Å². The lowest BCUT2D eigenvalue weighted by Gasteiger charge is -2.33. The second-order valence-electron chi connectivity index (χ2n) is 8.68. The third kappa shape index (κ3) is 5.78. The first-order valence-electron chi connectivity index (χ1n) is 10.8. The van der Waals surface area contributed by atoms with Crippen LogP contribution in [0.3, 0.4) is 0 Å². The van der Waals surface area contributed by atoms with E-state index in [9.17, 15) is 9.90 Å². The van der Waals surface area contributed by atoms with Crippen molar-refractivity contribution >= 4 is 17.2 Å². The summed E-state index contributed by atoms with van der Waals surface area (Å²) in [6.07, 6.45) is 13.6. The van der Waals surface area contributed by atoms with Crippen molar-refractivity contribution in [3.8, 4) is 0 Å². The molecular weight excluding hydrogens is 356 g/mol. The predicted octanol–water partition coefficient (Wildman–Crippen LogP) is 4.01. The molecule has 1 aromatic heterocycles. The Labute approximate surface area is 168 Å². The number of aliphatic hydroxyl groups is 1. The number of aliphatic hydroxyl groups excluding tert-OH is 1. The van der Waals surface area contributed by atoms with Crippen LogP contribution in [0.25, 0.3) is 0 Å². The maximum absolute atomic E-state index is 12.9. The molecule has 0 radical (unpaired) electrons. The molecule has 3 rings (SSSR count). The maximum atomic E-state index is 12.9. The van der Waals surface area contributed by atoms with E-state index < -0.39 is 0 Å². The Morgan fingerprint density at radius 3 is 2.59 bits per heavy atom. The fourth-order valence-corrected chi connectivity index (χ4v) is 6.00. The molecule has 2 aliphatic rings. The van der Waals surface area contributed by atoms with Crippen molar-refractivity contribution in [3.05, 3.63) is 21.4 Å². The molecule has 0 aliphatic heterocycles. The number of hydrogen-bond acceptors (Lipinski definition) is 4. The van der Waals surface area contributed by atoms with Crippen LogP contribution in [-0.2, 0) is 12.8 Å². The van der Waals surface area contributed by atoms with Gasteiger partial charge in [0.2, 0.25) is 0 Å². The van der Waals surface area contributed by atoms with E-state index in [-0.39, 0.29) is 17.9 Å². The Hall–Kier alpha value is -0.910. The molecule has 1 aromatic rings. The van der Waals surface area contributed by atoms with E-state index in [1.165, 1.54) is 68.2 Å². The molecule has 0 unspecified atom stereocenters. The van der Waals surface area contributed by atoms with Gasteiger partial charge in [-0.2, -0.15) is 0 Å². The first kappa shape index (κ1) is 20.8. The molecule has 0 atom stereocenters.